The Bertz CT molecular complexity index is 208. The molecule has 0 atom stereocenters. The molecular weight excluding hydrogens is 230 g/mol. The normalized spacial score (nSPS) is 10.2. The third-order valence-electron chi connectivity index (χ3n) is 0.672. The van der Waals surface area contributed by atoms with Gasteiger partial charge in [-0.3, -0.25) is 9.13 Å². The zero-order valence-corrected chi connectivity index (χ0v) is 8.00. The number of hydrogen-bond donors (Lipinski definition) is 4. The van der Waals surface area contributed by atoms with E-state index in [9.17, 15) is 9.13 Å². The van der Waals surface area contributed by atoms with Gasteiger partial charge in [-0.05, 0) is 0 Å². The van der Waals surface area contributed by atoms with Crippen LogP contribution in [0.4, 0.5) is 0 Å². The summed E-state index contributed by atoms with van der Waals surface area (Å²) in [4.78, 5) is 32.6. The summed E-state index contributed by atoms with van der Waals surface area (Å²) < 4.78 is 20.2. The zero-order valence-electron chi connectivity index (χ0n) is 6.21. The molecule has 0 heterocycles. The second kappa shape index (κ2) is 6.39. The highest BCUT2D eigenvalue weighted by molar-refractivity contribution is 7.77. The maximum atomic E-state index is 10.1. The molecule has 9 nitrogen and oxygen atoms in total. The fourth-order valence-corrected chi connectivity index (χ4v) is 1.53. The molecule has 0 saturated carbocycles. The van der Waals surface area contributed by atoms with Crippen molar-refractivity contribution in [3.8, 4) is 0 Å². The third kappa shape index (κ3) is 8.26. The average molecular weight is 242 g/mol. The molecule has 11 heteroatoms. The van der Waals surface area contributed by atoms with Crippen LogP contribution in [-0.2, 0) is 9.13 Å². The predicted octanol–water partition coefficient (Wildman–Crippen LogP) is -2.66. The van der Waals surface area contributed by atoms with Crippen molar-refractivity contribution in [2.75, 3.05) is 0 Å². The number of hydrogen-bond acceptors (Lipinski definition) is 2. The Balaban J connectivity index is -0.000000135. The molecule has 0 aliphatic carbocycles. The maximum Gasteiger partial charge on any atom is 0.363 e. The van der Waals surface area contributed by atoms with E-state index in [1.807, 2.05) is 0 Å². The van der Waals surface area contributed by atoms with Crippen molar-refractivity contribution in [3.63, 3.8) is 0 Å². The molecule has 0 aliphatic rings. The minimum atomic E-state index is -4.84. The standard InChI is InChI=1S/C2H6O6P2.3H2O/c1-2(9(3,4)5)10(6,7)8;;;/h1H2,(H2,3,4,5)(H2,6,7,8);3*1H2. The molecule has 0 rings (SSSR count). The van der Waals surface area contributed by atoms with E-state index in [0.717, 1.165) is 0 Å². The van der Waals surface area contributed by atoms with Crippen LogP contribution < -0.4 is 0 Å². The molecule has 0 spiro atoms. The first-order valence-corrected chi connectivity index (χ1v) is 5.19. The molecule has 84 valence electrons. The van der Waals surface area contributed by atoms with Crippen molar-refractivity contribution in [1.29, 1.82) is 0 Å². The fourth-order valence-electron chi connectivity index (χ4n) is 0.170. The molecule has 13 heavy (non-hydrogen) atoms. The van der Waals surface area contributed by atoms with E-state index in [2.05, 4.69) is 6.58 Å². The minimum absolute atomic E-state index is 0. The van der Waals surface area contributed by atoms with Crippen LogP contribution in [0.1, 0.15) is 0 Å². The van der Waals surface area contributed by atoms with Crippen molar-refractivity contribution >= 4 is 15.2 Å². The largest absolute Gasteiger partial charge is 0.412 e. The Labute approximate surface area is 73.0 Å². The van der Waals surface area contributed by atoms with Gasteiger partial charge in [0.05, 0.1) is 0 Å². The van der Waals surface area contributed by atoms with Gasteiger partial charge >= 0.3 is 15.2 Å². The number of rotatable bonds is 2. The summed E-state index contributed by atoms with van der Waals surface area (Å²) in [6.45, 7) is 2.57. The van der Waals surface area contributed by atoms with Gasteiger partial charge in [0.1, 0.15) is 5.06 Å². The van der Waals surface area contributed by atoms with Gasteiger partial charge in [-0.15, -0.1) is 0 Å². The third-order valence-corrected chi connectivity index (χ3v) is 3.58. The lowest BCUT2D eigenvalue weighted by Crippen LogP contribution is -1.85. The van der Waals surface area contributed by atoms with E-state index < -0.39 is 20.2 Å². The van der Waals surface area contributed by atoms with E-state index in [1.165, 1.54) is 0 Å². The summed E-state index contributed by atoms with van der Waals surface area (Å²) in [5.41, 5.74) is 0. The maximum absolute atomic E-state index is 10.1. The fraction of sp³-hybridized carbons (Fsp3) is 0. The highest BCUT2D eigenvalue weighted by atomic mass is 31.2. The summed E-state index contributed by atoms with van der Waals surface area (Å²) in [6.07, 6.45) is 0. The quantitative estimate of drug-likeness (QED) is 0.379. The van der Waals surface area contributed by atoms with Gasteiger partial charge in [0.15, 0.2) is 0 Å². The second-order valence-electron chi connectivity index (χ2n) is 1.50. The highest BCUT2D eigenvalue weighted by Gasteiger charge is 2.33. The van der Waals surface area contributed by atoms with Crippen LogP contribution in [0.5, 0.6) is 0 Å². The molecule has 0 aromatic rings. The first-order valence-electron chi connectivity index (χ1n) is 1.97. The Morgan fingerprint density at radius 3 is 1.00 bits per heavy atom. The van der Waals surface area contributed by atoms with Crippen LogP contribution in [0.2, 0.25) is 0 Å². The van der Waals surface area contributed by atoms with Crippen molar-refractivity contribution in [2.24, 2.45) is 0 Å². The van der Waals surface area contributed by atoms with Crippen LogP contribution in [0.15, 0.2) is 11.6 Å². The summed E-state index contributed by atoms with van der Waals surface area (Å²) in [6, 6.07) is 0. The molecule has 0 radical (unpaired) electrons. The van der Waals surface area contributed by atoms with Gasteiger partial charge in [0, 0.05) is 0 Å². The van der Waals surface area contributed by atoms with E-state index in [4.69, 9.17) is 19.6 Å². The monoisotopic (exact) mass is 242 g/mol. The van der Waals surface area contributed by atoms with E-state index >= 15 is 0 Å². The molecule has 0 saturated heterocycles. The van der Waals surface area contributed by atoms with Gasteiger partial charge in [-0.1, -0.05) is 6.58 Å². The topological polar surface area (TPSA) is 210 Å². The lowest BCUT2D eigenvalue weighted by molar-refractivity contribution is 0.367. The molecule has 0 unspecified atom stereocenters. The van der Waals surface area contributed by atoms with Gasteiger partial charge < -0.3 is 36.0 Å². The molecule has 0 aromatic heterocycles. The van der Waals surface area contributed by atoms with Crippen LogP contribution in [0.25, 0.3) is 0 Å². The minimum Gasteiger partial charge on any atom is -0.412 e. The Hall–Kier alpha value is -0.0800. The average Bonchev–Trinajstić information content (AvgIpc) is 1.59. The van der Waals surface area contributed by atoms with Crippen LogP contribution >= 0.6 is 15.2 Å². The smallest absolute Gasteiger partial charge is 0.363 e. The van der Waals surface area contributed by atoms with Gasteiger partial charge in [-0.2, -0.15) is 0 Å². The molecule has 0 fully saturated rings. The van der Waals surface area contributed by atoms with Crippen LogP contribution in [0.3, 0.4) is 0 Å². The molecule has 0 aromatic carbocycles. The highest BCUT2D eigenvalue weighted by Crippen LogP contribution is 2.62. The predicted molar refractivity (Wildman–Crippen MR) is 44.1 cm³/mol. The van der Waals surface area contributed by atoms with Gasteiger partial charge in [-0.25, -0.2) is 0 Å². The summed E-state index contributed by atoms with van der Waals surface area (Å²) in [5.74, 6) is 0. The van der Waals surface area contributed by atoms with Crippen LogP contribution in [0, 0.1) is 0 Å². The zero-order chi connectivity index (χ0) is 8.58. The summed E-state index contributed by atoms with van der Waals surface area (Å²) in [5, 5.41) is -1.35. The first-order chi connectivity index (χ1) is 4.15. The molecule has 0 amide bonds. The van der Waals surface area contributed by atoms with Gasteiger partial charge in [0.2, 0.25) is 0 Å². The molecular formula is C2H12O9P2. The van der Waals surface area contributed by atoms with E-state index in [0.29, 0.717) is 0 Å². The van der Waals surface area contributed by atoms with Crippen molar-refractivity contribution in [3.05, 3.63) is 11.6 Å². The van der Waals surface area contributed by atoms with Crippen LogP contribution in [-0.4, -0.2) is 36.0 Å². The molecule has 0 bridgehead atoms. The lowest BCUT2D eigenvalue weighted by atomic mass is 11.2. The first kappa shape index (κ1) is 23.1. The lowest BCUT2D eigenvalue weighted by Gasteiger charge is -2.07. The Morgan fingerprint density at radius 1 is 0.846 bits per heavy atom. The molecule has 10 N–H and O–H groups in total. The molecule has 0 aliphatic heterocycles. The summed E-state index contributed by atoms with van der Waals surface area (Å²) >= 11 is 0. The second-order valence-corrected chi connectivity index (χ2v) is 5.11. The summed E-state index contributed by atoms with van der Waals surface area (Å²) in [7, 11) is -9.67. The van der Waals surface area contributed by atoms with Crippen molar-refractivity contribution < 1.29 is 45.1 Å². The SMILES string of the molecule is C=C(P(=O)(O)O)P(=O)(O)O.O.O.O. The van der Waals surface area contributed by atoms with E-state index in [-0.39, 0.29) is 16.4 Å². The Kier molecular flexibility index (Phi) is 11.3. The Morgan fingerprint density at radius 2 is 1.00 bits per heavy atom. The van der Waals surface area contributed by atoms with Crippen molar-refractivity contribution in [2.45, 2.75) is 0 Å². The van der Waals surface area contributed by atoms with E-state index in [1.54, 1.807) is 0 Å². The van der Waals surface area contributed by atoms with Gasteiger partial charge in [0.25, 0.3) is 0 Å². The van der Waals surface area contributed by atoms with Crippen molar-refractivity contribution in [1.82, 2.24) is 0 Å².